The Kier molecular flexibility index (Phi) is 4.94. The summed E-state index contributed by atoms with van der Waals surface area (Å²) in [5.41, 5.74) is 0.523. The summed E-state index contributed by atoms with van der Waals surface area (Å²) in [5.74, 6) is 0.962. The molecule has 0 bridgehead atoms. The molecule has 1 rings (SSSR count). The summed E-state index contributed by atoms with van der Waals surface area (Å²) in [6.07, 6.45) is 8.23. The Morgan fingerprint density at radius 3 is 2.29 bits per heavy atom. The first-order chi connectivity index (χ1) is 6.58. The molecule has 1 heterocycles. The van der Waals surface area contributed by atoms with E-state index in [1.807, 2.05) is 0 Å². The molecule has 84 valence electrons. The van der Waals surface area contributed by atoms with Crippen LogP contribution in [0.3, 0.4) is 0 Å². The molecule has 14 heavy (non-hydrogen) atoms. The molecule has 0 spiro atoms. The van der Waals surface area contributed by atoms with E-state index in [0.717, 1.165) is 19.1 Å². The van der Waals surface area contributed by atoms with Gasteiger partial charge in [-0.05, 0) is 30.6 Å². The second-order valence-electron chi connectivity index (χ2n) is 5.86. The van der Waals surface area contributed by atoms with E-state index in [-0.39, 0.29) is 0 Å². The molecule has 1 nitrogen and oxygen atoms in total. The van der Waals surface area contributed by atoms with E-state index in [0.29, 0.717) is 5.41 Å². The highest BCUT2D eigenvalue weighted by atomic mass is 16.5. The molecule has 1 saturated heterocycles. The van der Waals surface area contributed by atoms with Crippen molar-refractivity contribution >= 4 is 0 Å². The molecule has 0 aromatic heterocycles. The SMILES string of the molecule is CC(C)(C)CCCCC1CCOCC1. The lowest BCUT2D eigenvalue weighted by Gasteiger charge is -2.23. The van der Waals surface area contributed by atoms with Crippen LogP contribution in [-0.4, -0.2) is 13.2 Å². The van der Waals surface area contributed by atoms with E-state index in [2.05, 4.69) is 20.8 Å². The highest BCUT2D eigenvalue weighted by Gasteiger charge is 2.14. The van der Waals surface area contributed by atoms with Gasteiger partial charge >= 0.3 is 0 Å². The van der Waals surface area contributed by atoms with Gasteiger partial charge in [-0.25, -0.2) is 0 Å². The summed E-state index contributed by atoms with van der Waals surface area (Å²) < 4.78 is 5.36. The average Bonchev–Trinajstić information content (AvgIpc) is 2.13. The van der Waals surface area contributed by atoms with Crippen molar-refractivity contribution in [3.8, 4) is 0 Å². The Morgan fingerprint density at radius 1 is 1.07 bits per heavy atom. The quantitative estimate of drug-likeness (QED) is 0.620. The third kappa shape index (κ3) is 5.64. The minimum Gasteiger partial charge on any atom is -0.381 e. The Labute approximate surface area is 89.2 Å². The third-order valence-corrected chi connectivity index (χ3v) is 3.13. The normalized spacial score (nSPS) is 19.9. The zero-order valence-corrected chi connectivity index (χ0v) is 10.1. The summed E-state index contributed by atoms with van der Waals surface area (Å²) in [4.78, 5) is 0. The zero-order valence-electron chi connectivity index (χ0n) is 10.1. The zero-order chi connectivity index (χ0) is 10.4. The molecule has 0 atom stereocenters. The van der Waals surface area contributed by atoms with E-state index >= 15 is 0 Å². The topological polar surface area (TPSA) is 9.23 Å². The van der Waals surface area contributed by atoms with Crippen LogP contribution in [0.2, 0.25) is 0 Å². The van der Waals surface area contributed by atoms with Crippen LogP contribution in [0.5, 0.6) is 0 Å². The fraction of sp³-hybridized carbons (Fsp3) is 1.00. The molecule has 1 aliphatic rings. The summed E-state index contributed by atoms with van der Waals surface area (Å²) in [6.45, 7) is 9.01. The van der Waals surface area contributed by atoms with Crippen LogP contribution < -0.4 is 0 Å². The van der Waals surface area contributed by atoms with Crippen molar-refractivity contribution in [2.45, 2.75) is 59.3 Å². The molecule has 0 aliphatic carbocycles. The smallest absolute Gasteiger partial charge is 0.0468 e. The van der Waals surface area contributed by atoms with Gasteiger partial charge in [0.25, 0.3) is 0 Å². The summed E-state index contributed by atoms with van der Waals surface area (Å²) >= 11 is 0. The van der Waals surface area contributed by atoms with Gasteiger partial charge in [0.05, 0.1) is 0 Å². The van der Waals surface area contributed by atoms with Gasteiger partial charge in [0.1, 0.15) is 0 Å². The Hall–Kier alpha value is -0.0400. The first kappa shape index (κ1) is 12.0. The number of hydrogen-bond donors (Lipinski definition) is 0. The van der Waals surface area contributed by atoms with Crippen LogP contribution in [0.15, 0.2) is 0 Å². The second-order valence-corrected chi connectivity index (χ2v) is 5.86. The van der Waals surface area contributed by atoms with Gasteiger partial charge in [0.15, 0.2) is 0 Å². The maximum Gasteiger partial charge on any atom is 0.0468 e. The van der Waals surface area contributed by atoms with E-state index in [4.69, 9.17) is 4.74 Å². The summed E-state index contributed by atoms with van der Waals surface area (Å²) in [7, 11) is 0. The van der Waals surface area contributed by atoms with Crippen LogP contribution in [0.1, 0.15) is 59.3 Å². The van der Waals surface area contributed by atoms with Gasteiger partial charge in [-0.15, -0.1) is 0 Å². The van der Waals surface area contributed by atoms with Crippen LogP contribution in [0.4, 0.5) is 0 Å². The second kappa shape index (κ2) is 5.75. The molecule has 0 saturated carbocycles. The molecule has 0 radical (unpaired) electrons. The van der Waals surface area contributed by atoms with Crippen LogP contribution in [-0.2, 0) is 4.74 Å². The highest BCUT2D eigenvalue weighted by Crippen LogP contribution is 2.25. The Bertz CT molecular complexity index is 140. The predicted octanol–water partition coefficient (Wildman–Crippen LogP) is 4.02. The maximum atomic E-state index is 5.36. The van der Waals surface area contributed by atoms with Crippen molar-refractivity contribution in [1.82, 2.24) is 0 Å². The largest absolute Gasteiger partial charge is 0.381 e. The number of ether oxygens (including phenoxy) is 1. The van der Waals surface area contributed by atoms with E-state index in [1.165, 1.54) is 38.5 Å². The number of hydrogen-bond acceptors (Lipinski definition) is 1. The Balaban J connectivity index is 1.97. The standard InChI is InChI=1S/C13H26O/c1-13(2,3)9-5-4-6-12-7-10-14-11-8-12/h12H,4-11H2,1-3H3. The van der Waals surface area contributed by atoms with Gasteiger partial charge in [-0.2, -0.15) is 0 Å². The Morgan fingerprint density at radius 2 is 1.71 bits per heavy atom. The van der Waals surface area contributed by atoms with E-state index in [1.54, 1.807) is 0 Å². The first-order valence-corrected chi connectivity index (χ1v) is 6.16. The monoisotopic (exact) mass is 198 g/mol. The molecular formula is C13H26O. The molecule has 0 N–H and O–H groups in total. The number of rotatable bonds is 4. The molecule has 0 aromatic rings. The van der Waals surface area contributed by atoms with Crippen molar-refractivity contribution in [1.29, 1.82) is 0 Å². The van der Waals surface area contributed by atoms with Gasteiger partial charge in [0, 0.05) is 13.2 Å². The molecule has 0 amide bonds. The molecular weight excluding hydrogens is 172 g/mol. The lowest BCUT2D eigenvalue weighted by atomic mass is 9.87. The predicted molar refractivity (Wildman–Crippen MR) is 61.5 cm³/mol. The lowest BCUT2D eigenvalue weighted by Crippen LogP contribution is -2.15. The molecule has 1 heteroatoms. The first-order valence-electron chi connectivity index (χ1n) is 6.16. The number of unbranched alkanes of at least 4 members (excludes halogenated alkanes) is 1. The van der Waals surface area contributed by atoms with E-state index < -0.39 is 0 Å². The van der Waals surface area contributed by atoms with E-state index in [9.17, 15) is 0 Å². The van der Waals surface area contributed by atoms with Crippen LogP contribution in [0.25, 0.3) is 0 Å². The minimum atomic E-state index is 0.523. The van der Waals surface area contributed by atoms with Crippen molar-refractivity contribution in [2.24, 2.45) is 11.3 Å². The fourth-order valence-electron chi connectivity index (χ4n) is 2.12. The van der Waals surface area contributed by atoms with Gasteiger partial charge in [-0.3, -0.25) is 0 Å². The maximum absolute atomic E-state index is 5.36. The third-order valence-electron chi connectivity index (χ3n) is 3.13. The summed E-state index contributed by atoms with van der Waals surface area (Å²) in [5, 5.41) is 0. The lowest BCUT2D eigenvalue weighted by molar-refractivity contribution is 0.0629. The van der Waals surface area contributed by atoms with Crippen molar-refractivity contribution in [2.75, 3.05) is 13.2 Å². The highest BCUT2D eigenvalue weighted by molar-refractivity contribution is 4.65. The van der Waals surface area contributed by atoms with Crippen molar-refractivity contribution < 1.29 is 4.74 Å². The van der Waals surface area contributed by atoms with Gasteiger partial charge in [0.2, 0.25) is 0 Å². The molecule has 1 aliphatic heterocycles. The summed E-state index contributed by atoms with van der Waals surface area (Å²) in [6, 6.07) is 0. The minimum absolute atomic E-state index is 0.523. The van der Waals surface area contributed by atoms with Gasteiger partial charge < -0.3 is 4.74 Å². The fourth-order valence-corrected chi connectivity index (χ4v) is 2.12. The average molecular weight is 198 g/mol. The molecule has 0 aromatic carbocycles. The van der Waals surface area contributed by atoms with Crippen molar-refractivity contribution in [3.05, 3.63) is 0 Å². The molecule has 0 unspecified atom stereocenters. The van der Waals surface area contributed by atoms with Crippen molar-refractivity contribution in [3.63, 3.8) is 0 Å². The van der Waals surface area contributed by atoms with Gasteiger partial charge in [-0.1, -0.05) is 40.0 Å². The molecule has 1 fully saturated rings. The van der Waals surface area contributed by atoms with Crippen LogP contribution in [0, 0.1) is 11.3 Å². The van der Waals surface area contributed by atoms with Crippen LogP contribution >= 0.6 is 0 Å².